The van der Waals surface area contributed by atoms with Crippen molar-refractivity contribution in [1.82, 2.24) is 4.90 Å². The first-order chi connectivity index (χ1) is 8.63. The van der Waals surface area contributed by atoms with E-state index in [4.69, 9.17) is 10.5 Å². The Balaban J connectivity index is 2.24. The maximum atomic E-state index is 14.0. The van der Waals surface area contributed by atoms with Crippen LogP contribution in [-0.2, 0) is 4.74 Å². The fourth-order valence-electron chi connectivity index (χ4n) is 2.66. The molecule has 1 fully saturated rings. The molecule has 1 heterocycles. The van der Waals surface area contributed by atoms with Crippen molar-refractivity contribution < 1.29 is 9.13 Å². The number of hydrogen-bond acceptors (Lipinski definition) is 3. The summed E-state index contributed by atoms with van der Waals surface area (Å²) in [4.78, 5) is 2.21. The molecule has 2 atom stereocenters. The molecule has 0 spiro atoms. The van der Waals surface area contributed by atoms with Crippen LogP contribution in [0.3, 0.4) is 0 Å². The van der Waals surface area contributed by atoms with E-state index in [1.165, 1.54) is 6.07 Å². The van der Waals surface area contributed by atoms with Crippen LogP contribution in [0.25, 0.3) is 0 Å². The molecule has 2 rings (SSSR count). The minimum absolute atomic E-state index is 0.00171. The highest BCUT2D eigenvalue weighted by Crippen LogP contribution is 2.32. The van der Waals surface area contributed by atoms with Crippen LogP contribution in [0.5, 0.6) is 0 Å². The lowest BCUT2D eigenvalue weighted by molar-refractivity contribution is 0.138. The molecule has 0 radical (unpaired) electrons. The minimum Gasteiger partial charge on any atom is -0.383 e. The van der Waals surface area contributed by atoms with E-state index in [-0.39, 0.29) is 17.9 Å². The number of benzene rings is 1. The Hall–Kier alpha value is -0.970. The highest BCUT2D eigenvalue weighted by molar-refractivity contribution is 5.29. The van der Waals surface area contributed by atoms with Crippen molar-refractivity contribution in [2.45, 2.75) is 25.4 Å². The molecule has 1 aromatic rings. The topological polar surface area (TPSA) is 38.5 Å². The van der Waals surface area contributed by atoms with Crippen LogP contribution in [0.4, 0.5) is 4.39 Å². The third kappa shape index (κ3) is 2.71. The standard InChI is InChI=1S/C14H21FN2O/c1-10-3-4-12(15)11(9-10)14-13(16)5-6-17(14)7-8-18-2/h3-4,9,13-14H,5-8,16H2,1-2H3. The highest BCUT2D eigenvalue weighted by atomic mass is 19.1. The summed E-state index contributed by atoms with van der Waals surface area (Å²) in [5.41, 5.74) is 7.93. The zero-order chi connectivity index (χ0) is 13.1. The Bertz CT molecular complexity index is 411. The molecule has 1 saturated heterocycles. The van der Waals surface area contributed by atoms with Gasteiger partial charge in [-0.15, -0.1) is 0 Å². The van der Waals surface area contributed by atoms with Gasteiger partial charge < -0.3 is 10.5 Å². The second-order valence-corrected chi connectivity index (χ2v) is 4.95. The van der Waals surface area contributed by atoms with Gasteiger partial charge in [-0.1, -0.05) is 17.7 Å². The zero-order valence-electron chi connectivity index (χ0n) is 11.0. The molecule has 0 amide bonds. The lowest BCUT2D eigenvalue weighted by Gasteiger charge is -2.27. The summed E-state index contributed by atoms with van der Waals surface area (Å²) in [7, 11) is 1.68. The van der Waals surface area contributed by atoms with Crippen molar-refractivity contribution in [3.63, 3.8) is 0 Å². The van der Waals surface area contributed by atoms with Gasteiger partial charge in [-0.3, -0.25) is 4.90 Å². The van der Waals surface area contributed by atoms with Gasteiger partial charge in [-0.25, -0.2) is 4.39 Å². The van der Waals surface area contributed by atoms with E-state index in [9.17, 15) is 4.39 Å². The molecule has 100 valence electrons. The number of likely N-dealkylation sites (tertiary alicyclic amines) is 1. The van der Waals surface area contributed by atoms with Crippen molar-refractivity contribution >= 4 is 0 Å². The van der Waals surface area contributed by atoms with E-state index in [1.807, 2.05) is 13.0 Å². The van der Waals surface area contributed by atoms with Crippen molar-refractivity contribution in [2.24, 2.45) is 5.73 Å². The molecule has 18 heavy (non-hydrogen) atoms. The van der Waals surface area contributed by atoms with Gasteiger partial charge in [0.2, 0.25) is 0 Å². The van der Waals surface area contributed by atoms with Gasteiger partial charge in [-0.05, 0) is 19.4 Å². The molecule has 1 aromatic carbocycles. The molecule has 0 aliphatic carbocycles. The fraction of sp³-hybridized carbons (Fsp3) is 0.571. The van der Waals surface area contributed by atoms with E-state index in [0.717, 1.165) is 30.6 Å². The van der Waals surface area contributed by atoms with Gasteiger partial charge in [0.25, 0.3) is 0 Å². The number of aryl methyl sites for hydroxylation is 1. The fourth-order valence-corrected chi connectivity index (χ4v) is 2.66. The van der Waals surface area contributed by atoms with Gasteiger partial charge in [0, 0.05) is 31.8 Å². The van der Waals surface area contributed by atoms with Crippen LogP contribution in [0, 0.1) is 12.7 Å². The van der Waals surface area contributed by atoms with Gasteiger partial charge in [0.05, 0.1) is 12.6 Å². The Labute approximate surface area is 108 Å². The van der Waals surface area contributed by atoms with Crippen molar-refractivity contribution in [3.8, 4) is 0 Å². The number of rotatable bonds is 4. The van der Waals surface area contributed by atoms with Crippen LogP contribution in [-0.4, -0.2) is 37.7 Å². The lowest BCUT2D eigenvalue weighted by Crippen LogP contribution is -2.34. The molecule has 0 aromatic heterocycles. The third-order valence-corrected chi connectivity index (χ3v) is 3.60. The van der Waals surface area contributed by atoms with Gasteiger partial charge in [0.1, 0.15) is 5.82 Å². The van der Waals surface area contributed by atoms with Gasteiger partial charge in [-0.2, -0.15) is 0 Å². The molecular weight excluding hydrogens is 231 g/mol. The van der Waals surface area contributed by atoms with Gasteiger partial charge >= 0.3 is 0 Å². The summed E-state index contributed by atoms with van der Waals surface area (Å²) >= 11 is 0. The molecule has 1 aliphatic rings. The summed E-state index contributed by atoms with van der Waals surface area (Å²) < 4.78 is 19.1. The van der Waals surface area contributed by atoms with Crippen molar-refractivity contribution in [3.05, 3.63) is 35.1 Å². The Morgan fingerprint density at radius 1 is 1.50 bits per heavy atom. The average molecular weight is 252 g/mol. The molecule has 2 unspecified atom stereocenters. The van der Waals surface area contributed by atoms with Crippen LogP contribution >= 0.6 is 0 Å². The van der Waals surface area contributed by atoms with Crippen LogP contribution in [0.1, 0.15) is 23.6 Å². The van der Waals surface area contributed by atoms with Crippen LogP contribution in [0.15, 0.2) is 18.2 Å². The number of methoxy groups -OCH3 is 1. The summed E-state index contributed by atoms with van der Waals surface area (Å²) in [5.74, 6) is -0.162. The Kier molecular flexibility index (Phi) is 4.32. The largest absolute Gasteiger partial charge is 0.383 e. The number of nitrogens with two attached hydrogens (primary N) is 1. The van der Waals surface area contributed by atoms with E-state index in [0.29, 0.717) is 6.61 Å². The SMILES string of the molecule is COCCN1CCC(N)C1c1cc(C)ccc1F. The maximum Gasteiger partial charge on any atom is 0.128 e. The van der Waals surface area contributed by atoms with Crippen LogP contribution in [0.2, 0.25) is 0 Å². The number of hydrogen-bond donors (Lipinski definition) is 1. The highest BCUT2D eigenvalue weighted by Gasteiger charge is 2.34. The zero-order valence-corrected chi connectivity index (χ0v) is 11.0. The first-order valence-electron chi connectivity index (χ1n) is 6.38. The van der Waals surface area contributed by atoms with E-state index < -0.39 is 0 Å². The monoisotopic (exact) mass is 252 g/mol. The predicted octanol–water partition coefficient (Wildman–Crippen LogP) is 1.85. The summed E-state index contributed by atoms with van der Waals surface area (Å²) in [5, 5.41) is 0. The number of halogens is 1. The second-order valence-electron chi connectivity index (χ2n) is 4.95. The van der Waals surface area contributed by atoms with Crippen molar-refractivity contribution in [1.29, 1.82) is 0 Å². The summed E-state index contributed by atoms with van der Waals surface area (Å²) in [6.07, 6.45) is 0.905. The quantitative estimate of drug-likeness (QED) is 0.889. The molecular formula is C14H21FN2O. The molecule has 1 aliphatic heterocycles. The van der Waals surface area contributed by atoms with E-state index in [2.05, 4.69) is 4.90 Å². The minimum atomic E-state index is -0.162. The Morgan fingerprint density at radius 3 is 3.00 bits per heavy atom. The summed E-state index contributed by atoms with van der Waals surface area (Å²) in [6, 6.07) is 5.20. The molecule has 3 nitrogen and oxygen atoms in total. The molecule has 4 heteroatoms. The first kappa shape index (κ1) is 13.5. The van der Waals surface area contributed by atoms with E-state index >= 15 is 0 Å². The third-order valence-electron chi connectivity index (χ3n) is 3.60. The first-order valence-corrected chi connectivity index (χ1v) is 6.38. The predicted molar refractivity (Wildman–Crippen MR) is 69.9 cm³/mol. The lowest BCUT2D eigenvalue weighted by atomic mass is 9.98. The second kappa shape index (κ2) is 5.78. The Morgan fingerprint density at radius 2 is 2.28 bits per heavy atom. The summed E-state index contributed by atoms with van der Waals surface area (Å²) in [6.45, 7) is 4.32. The van der Waals surface area contributed by atoms with E-state index in [1.54, 1.807) is 13.2 Å². The molecule has 0 bridgehead atoms. The number of nitrogens with zero attached hydrogens (tertiary/aromatic N) is 1. The smallest absolute Gasteiger partial charge is 0.128 e. The maximum absolute atomic E-state index is 14.0. The normalized spacial score (nSPS) is 24.7. The molecule has 0 saturated carbocycles. The average Bonchev–Trinajstić information content (AvgIpc) is 2.71. The van der Waals surface area contributed by atoms with Gasteiger partial charge in [0.15, 0.2) is 0 Å². The molecule has 2 N–H and O–H groups in total. The van der Waals surface area contributed by atoms with Crippen LogP contribution < -0.4 is 5.73 Å². The van der Waals surface area contributed by atoms with Crippen molar-refractivity contribution in [2.75, 3.05) is 26.8 Å². The number of ether oxygens (including phenoxy) is 1.